The maximum absolute atomic E-state index is 13.5. The monoisotopic (exact) mass is 495 g/mol. The zero-order valence-corrected chi connectivity index (χ0v) is 20.3. The van der Waals surface area contributed by atoms with Gasteiger partial charge in [0.25, 0.3) is 10.0 Å². The van der Waals surface area contributed by atoms with Crippen molar-refractivity contribution in [1.29, 1.82) is 0 Å². The molecule has 2 N–H and O–H groups in total. The fourth-order valence-corrected chi connectivity index (χ4v) is 6.18. The Morgan fingerprint density at radius 2 is 1.44 bits per heavy atom. The van der Waals surface area contributed by atoms with E-state index < -0.39 is 10.0 Å². The maximum Gasteiger partial charge on any atom is 0.262 e. The largest absolute Gasteiger partial charge is 0.377 e. The highest BCUT2D eigenvalue weighted by Gasteiger charge is 2.33. The molecular weight excluding hydrogens is 474 g/mol. The van der Waals surface area contributed by atoms with Crippen LogP contribution in [0.25, 0.3) is 21.7 Å². The molecule has 36 heavy (non-hydrogen) atoms. The number of H-pyrrole nitrogens is 1. The van der Waals surface area contributed by atoms with Crippen LogP contribution in [0.2, 0.25) is 0 Å². The van der Waals surface area contributed by atoms with Gasteiger partial charge in [-0.2, -0.15) is 0 Å². The number of aromatic nitrogens is 1. The van der Waals surface area contributed by atoms with Crippen LogP contribution in [0, 0.1) is 0 Å². The van der Waals surface area contributed by atoms with E-state index >= 15 is 0 Å². The molecule has 8 heteroatoms. The minimum atomic E-state index is -3.96. The van der Waals surface area contributed by atoms with E-state index in [1.807, 2.05) is 37.2 Å². The van der Waals surface area contributed by atoms with Gasteiger partial charge in [-0.3, -0.25) is 14.3 Å². The summed E-state index contributed by atoms with van der Waals surface area (Å²) >= 11 is 0. The summed E-state index contributed by atoms with van der Waals surface area (Å²) in [6.07, 6.45) is 0. The van der Waals surface area contributed by atoms with Crippen LogP contribution in [0.4, 0.5) is 11.4 Å². The minimum Gasteiger partial charge on any atom is -0.377 e. The van der Waals surface area contributed by atoms with E-state index in [0.717, 1.165) is 11.1 Å². The predicted molar refractivity (Wildman–Crippen MR) is 141 cm³/mol. The van der Waals surface area contributed by atoms with Gasteiger partial charge in [-0.25, -0.2) is 8.42 Å². The first-order valence-electron chi connectivity index (χ1n) is 11.3. The van der Waals surface area contributed by atoms with Gasteiger partial charge in [0.2, 0.25) is 5.78 Å². The van der Waals surface area contributed by atoms with Crippen molar-refractivity contribution in [1.82, 2.24) is 4.98 Å². The third-order valence-electron chi connectivity index (χ3n) is 6.55. The fraction of sp³-hybridized carbons (Fsp3) is 0.0714. The van der Waals surface area contributed by atoms with Gasteiger partial charge in [0.1, 0.15) is 0 Å². The van der Waals surface area contributed by atoms with Gasteiger partial charge >= 0.3 is 0 Å². The number of nitrogens with zero attached hydrogens (tertiary/aromatic N) is 1. The second-order valence-corrected chi connectivity index (χ2v) is 10.6. The molecule has 5 aromatic rings. The third-order valence-corrected chi connectivity index (χ3v) is 7.99. The topological polar surface area (TPSA) is 99.3 Å². The highest BCUT2D eigenvalue weighted by atomic mass is 32.2. The van der Waals surface area contributed by atoms with Crippen LogP contribution in [0.15, 0.2) is 83.8 Å². The van der Waals surface area contributed by atoms with E-state index in [4.69, 9.17) is 0 Å². The van der Waals surface area contributed by atoms with E-state index in [9.17, 15) is 18.0 Å². The predicted octanol–water partition coefficient (Wildman–Crippen LogP) is 4.96. The highest BCUT2D eigenvalue weighted by Crippen LogP contribution is 2.35. The number of sulfonamides is 1. The number of ketones is 2. The first-order valence-corrected chi connectivity index (χ1v) is 12.8. The Bertz CT molecular complexity index is 1850. The molecule has 0 bridgehead atoms. The molecule has 7 nitrogen and oxygen atoms in total. The molecular formula is C28H21N3O4S. The molecule has 0 fully saturated rings. The van der Waals surface area contributed by atoms with Crippen LogP contribution in [0.5, 0.6) is 0 Å². The fourth-order valence-electron chi connectivity index (χ4n) is 4.91. The minimum absolute atomic E-state index is 0.153. The zero-order chi connectivity index (χ0) is 25.2. The van der Waals surface area contributed by atoms with E-state index in [1.165, 1.54) is 0 Å². The molecule has 0 aliphatic heterocycles. The van der Waals surface area contributed by atoms with Crippen molar-refractivity contribution in [3.63, 3.8) is 0 Å². The van der Waals surface area contributed by atoms with Crippen molar-refractivity contribution >= 4 is 54.6 Å². The molecule has 0 spiro atoms. The number of carbonyl (C=O) groups excluding carboxylic acids is 2. The van der Waals surface area contributed by atoms with Gasteiger partial charge in [-0.1, -0.05) is 48.5 Å². The molecule has 0 amide bonds. The van der Waals surface area contributed by atoms with Crippen molar-refractivity contribution in [2.75, 3.05) is 23.7 Å². The zero-order valence-electron chi connectivity index (χ0n) is 19.5. The van der Waals surface area contributed by atoms with Gasteiger partial charge in [0.05, 0.1) is 16.2 Å². The standard InChI is InChI=1S/C28H21N3O4S/c1-31(2)23-11-5-10-18-17(23)9-6-12-24(18)36(34,35)30-16-13-14-22-21(15-16)25-26(29-22)28(33)20-8-4-3-7-19(20)27(25)32/h3-15,29-30H,1-2H3. The van der Waals surface area contributed by atoms with Crippen molar-refractivity contribution < 1.29 is 18.0 Å². The second-order valence-electron chi connectivity index (χ2n) is 8.97. The van der Waals surface area contributed by atoms with Gasteiger partial charge in [-0.15, -0.1) is 0 Å². The normalized spacial score (nSPS) is 13.1. The summed E-state index contributed by atoms with van der Waals surface area (Å²) in [6, 6.07) is 22.3. The molecule has 6 rings (SSSR count). The van der Waals surface area contributed by atoms with Crippen LogP contribution in [0.1, 0.15) is 32.0 Å². The SMILES string of the molecule is CN(C)c1cccc2c(S(=O)(=O)Nc3ccc4[nH]c5c(c4c3)C(=O)c3ccccc3C5=O)cccc12. The van der Waals surface area contributed by atoms with Gasteiger partial charge in [0, 0.05) is 58.3 Å². The van der Waals surface area contributed by atoms with Crippen LogP contribution in [0.3, 0.4) is 0 Å². The Kier molecular flexibility index (Phi) is 4.77. The molecule has 0 atom stereocenters. The average Bonchev–Trinajstić information content (AvgIpc) is 3.25. The van der Waals surface area contributed by atoms with Crippen molar-refractivity contribution in [2.45, 2.75) is 4.90 Å². The molecule has 1 aliphatic rings. The third kappa shape index (κ3) is 3.22. The van der Waals surface area contributed by atoms with E-state index in [0.29, 0.717) is 33.1 Å². The molecule has 0 unspecified atom stereocenters. The summed E-state index contributed by atoms with van der Waals surface area (Å²) < 4.78 is 29.6. The van der Waals surface area contributed by atoms with Crippen molar-refractivity contribution in [3.8, 4) is 0 Å². The number of benzene rings is 4. The van der Waals surface area contributed by atoms with Crippen LogP contribution in [-0.4, -0.2) is 39.1 Å². The summed E-state index contributed by atoms with van der Waals surface area (Å²) in [5, 5.41) is 1.92. The average molecular weight is 496 g/mol. The van der Waals surface area contributed by atoms with E-state index in [1.54, 1.807) is 60.7 Å². The first-order chi connectivity index (χ1) is 17.3. The Labute approximate surface area is 207 Å². The number of nitrogens with one attached hydrogen (secondary N) is 2. The number of anilines is 2. The molecule has 0 saturated carbocycles. The number of hydrogen-bond acceptors (Lipinski definition) is 5. The summed E-state index contributed by atoms with van der Waals surface area (Å²) in [6.45, 7) is 0. The Morgan fingerprint density at radius 3 is 2.19 bits per heavy atom. The van der Waals surface area contributed by atoms with Crippen molar-refractivity contribution in [3.05, 3.63) is 101 Å². The van der Waals surface area contributed by atoms with Crippen LogP contribution >= 0.6 is 0 Å². The summed E-state index contributed by atoms with van der Waals surface area (Å²) in [4.78, 5) is 31.4. The number of rotatable bonds is 4. The molecule has 1 aromatic heterocycles. The molecule has 1 heterocycles. The Balaban J connectivity index is 1.45. The Hall–Kier alpha value is -4.43. The first kappa shape index (κ1) is 22.1. The van der Waals surface area contributed by atoms with Gasteiger partial charge < -0.3 is 9.88 Å². The molecule has 1 aliphatic carbocycles. The number of carbonyl (C=O) groups is 2. The smallest absolute Gasteiger partial charge is 0.262 e. The van der Waals surface area contributed by atoms with Crippen LogP contribution in [-0.2, 0) is 10.0 Å². The van der Waals surface area contributed by atoms with Crippen LogP contribution < -0.4 is 9.62 Å². The summed E-state index contributed by atoms with van der Waals surface area (Å²) in [7, 11) is -0.143. The number of aromatic amines is 1. The van der Waals surface area contributed by atoms with Gasteiger partial charge in [-0.05, 0) is 30.3 Å². The lowest BCUT2D eigenvalue weighted by Crippen LogP contribution is -2.20. The van der Waals surface area contributed by atoms with E-state index in [2.05, 4.69) is 9.71 Å². The lowest BCUT2D eigenvalue weighted by Gasteiger charge is -2.17. The second kappa shape index (κ2) is 7.79. The number of hydrogen-bond donors (Lipinski definition) is 2. The van der Waals surface area contributed by atoms with Gasteiger partial charge in [0.15, 0.2) is 5.78 Å². The molecule has 4 aromatic carbocycles. The molecule has 0 saturated heterocycles. The highest BCUT2D eigenvalue weighted by molar-refractivity contribution is 7.93. The molecule has 0 radical (unpaired) electrons. The molecule has 178 valence electrons. The summed E-state index contributed by atoms with van der Waals surface area (Å²) in [5.74, 6) is -0.525. The quantitative estimate of drug-likeness (QED) is 0.360. The lowest BCUT2D eigenvalue weighted by atomic mass is 9.87. The maximum atomic E-state index is 13.5. The number of fused-ring (bicyclic) bond motifs is 5. The lowest BCUT2D eigenvalue weighted by molar-refractivity contribution is 0.0978. The summed E-state index contributed by atoms with van der Waals surface area (Å²) in [5.41, 5.74) is 2.97. The van der Waals surface area contributed by atoms with E-state index in [-0.39, 0.29) is 27.7 Å². The van der Waals surface area contributed by atoms with Crippen molar-refractivity contribution in [2.24, 2.45) is 0 Å². The Morgan fingerprint density at radius 1 is 0.750 bits per heavy atom.